The highest BCUT2D eigenvalue weighted by Crippen LogP contribution is 2.21. The Morgan fingerprint density at radius 3 is 2.50 bits per heavy atom. The molecule has 0 spiro atoms. The highest BCUT2D eigenvalue weighted by atomic mass is 16.2. The van der Waals surface area contributed by atoms with E-state index in [-0.39, 0.29) is 0 Å². The Morgan fingerprint density at radius 1 is 1.23 bits per heavy atom. The standard InChI is InChI=1S/C16H21N3O3/c1-3-13-6-4-5-12(2)14(13)17-15(21)16(22)19-9-7-18(11-20)8-10-19/h4-6,11H,3,7-10H2,1-2H3,(H,17,21). The van der Waals surface area contributed by atoms with E-state index in [0.717, 1.165) is 29.6 Å². The van der Waals surface area contributed by atoms with Crippen molar-refractivity contribution < 1.29 is 14.4 Å². The van der Waals surface area contributed by atoms with E-state index in [1.54, 1.807) is 4.90 Å². The van der Waals surface area contributed by atoms with Crippen LogP contribution in [0.4, 0.5) is 5.69 Å². The number of hydrogen-bond acceptors (Lipinski definition) is 3. The summed E-state index contributed by atoms with van der Waals surface area (Å²) in [4.78, 5) is 38.2. The summed E-state index contributed by atoms with van der Waals surface area (Å²) in [7, 11) is 0. The summed E-state index contributed by atoms with van der Waals surface area (Å²) in [5, 5.41) is 2.74. The van der Waals surface area contributed by atoms with Gasteiger partial charge in [0.05, 0.1) is 0 Å². The first kappa shape index (κ1) is 16.0. The van der Waals surface area contributed by atoms with Gasteiger partial charge < -0.3 is 15.1 Å². The second-order valence-electron chi connectivity index (χ2n) is 5.35. The fraction of sp³-hybridized carbons (Fsp3) is 0.438. The van der Waals surface area contributed by atoms with Gasteiger partial charge in [-0.15, -0.1) is 0 Å². The number of carbonyl (C=O) groups excluding carboxylic acids is 3. The van der Waals surface area contributed by atoms with Crippen LogP contribution in [-0.2, 0) is 20.8 Å². The average Bonchev–Trinajstić information content (AvgIpc) is 2.56. The Morgan fingerprint density at radius 2 is 1.91 bits per heavy atom. The summed E-state index contributed by atoms with van der Waals surface area (Å²) in [6, 6.07) is 5.78. The van der Waals surface area contributed by atoms with E-state index in [4.69, 9.17) is 0 Å². The van der Waals surface area contributed by atoms with Crippen LogP contribution >= 0.6 is 0 Å². The molecule has 6 heteroatoms. The van der Waals surface area contributed by atoms with Crippen LogP contribution in [0.2, 0.25) is 0 Å². The van der Waals surface area contributed by atoms with Crippen LogP contribution in [0.5, 0.6) is 0 Å². The number of nitrogens with zero attached hydrogens (tertiary/aromatic N) is 2. The highest BCUT2D eigenvalue weighted by molar-refractivity contribution is 6.39. The minimum absolute atomic E-state index is 0.388. The van der Waals surface area contributed by atoms with Gasteiger partial charge in [-0.25, -0.2) is 0 Å². The largest absolute Gasteiger partial charge is 0.342 e. The summed E-state index contributed by atoms with van der Waals surface area (Å²) in [5.41, 5.74) is 2.66. The maximum atomic E-state index is 12.2. The lowest BCUT2D eigenvalue weighted by Crippen LogP contribution is -2.51. The normalized spacial score (nSPS) is 14.6. The fourth-order valence-corrected chi connectivity index (χ4v) is 2.54. The molecule has 1 heterocycles. The number of anilines is 1. The van der Waals surface area contributed by atoms with Crippen molar-refractivity contribution in [3.63, 3.8) is 0 Å². The molecule has 0 unspecified atom stereocenters. The van der Waals surface area contributed by atoms with Crippen LogP contribution in [0.1, 0.15) is 18.1 Å². The number of amides is 3. The molecule has 118 valence electrons. The number of aryl methyl sites for hydroxylation is 2. The van der Waals surface area contributed by atoms with Crippen molar-refractivity contribution in [2.24, 2.45) is 0 Å². The highest BCUT2D eigenvalue weighted by Gasteiger charge is 2.26. The van der Waals surface area contributed by atoms with Gasteiger partial charge in [-0.05, 0) is 24.5 Å². The van der Waals surface area contributed by atoms with Crippen molar-refractivity contribution in [1.82, 2.24) is 9.80 Å². The molecule has 0 atom stereocenters. The molecule has 6 nitrogen and oxygen atoms in total. The maximum absolute atomic E-state index is 12.2. The number of nitrogens with one attached hydrogen (secondary N) is 1. The summed E-state index contributed by atoms with van der Waals surface area (Å²) in [6.45, 7) is 5.62. The molecule has 3 amide bonds. The molecule has 1 aromatic carbocycles. The molecule has 0 radical (unpaired) electrons. The molecule has 1 aliphatic heterocycles. The number of carbonyl (C=O) groups is 3. The topological polar surface area (TPSA) is 69.7 Å². The molecule has 1 N–H and O–H groups in total. The van der Waals surface area contributed by atoms with E-state index in [9.17, 15) is 14.4 Å². The zero-order valence-electron chi connectivity index (χ0n) is 13.0. The second-order valence-corrected chi connectivity index (χ2v) is 5.35. The lowest BCUT2D eigenvalue weighted by atomic mass is 10.1. The fourth-order valence-electron chi connectivity index (χ4n) is 2.54. The predicted octanol–water partition coefficient (Wildman–Crippen LogP) is 0.797. The quantitative estimate of drug-likeness (QED) is 0.663. The predicted molar refractivity (Wildman–Crippen MR) is 83.4 cm³/mol. The second kappa shape index (κ2) is 7.06. The number of piperazine rings is 1. The minimum Gasteiger partial charge on any atom is -0.342 e. The summed E-state index contributed by atoms with van der Waals surface area (Å²) in [5.74, 6) is -1.17. The first-order valence-corrected chi connectivity index (χ1v) is 7.45. The molecular formula is C16H21N3O3. The van der Waals surface area contributed by atoms with E-state index >= 15 is 0 Å². The third kappa shape index (κ3) is 3.44. The van der Waals surface area contributed by atoms with Crippen LogP contribution in [0.3, 0.4) is 0 Å². The first-order valence-electron chi connectivity index (χ1n) is 7.45. The van der Waals surface area contributed by atoms with Crippen molar-refractivity contribution >= 4 is 23.9 Å². The van der Waals surface area contributed by atoms with Gasteiger partial charge in [-0.2, -0.15) is 0 Å². The molecular weight excluding hydrogens is 282 g/mol. The maximum Gasteiger partial charge on any atom is 0.313 e. The monoisotopic (exact) mass is 303 g/mol. The Labute approximate surface area is 130 Å². The number of hydrogen-bond donors (Lipinski definition) is 1. The van der Waals surface area contributed by atoms with Crippen molar-refractivity contribution in [1.29, 1.82) is 0 Å². The van der Waals surface area contributed by atoms with Crippen molar-refractivity contribution in [3.05, 3.63) is 29.3 Å². The number of benzene rings is 1. The molecule has 1 aromatic rings. The van der Waals surface area contributed by atoms with Crippen LogP contribution in [0.15, 0.2) is 18.2 Å². The Hall–Kier alpha value is -2.37. The van der Waals surface area contributed by atoms with Crippen LogP contribution in [-0.4, -0.2) is 54.2 Å². The Bertz CT molecular complexity index is 578. The van der Waals surface area contributed by atoms with E-state index in [1.165, 1.54) is 4.90 Å². The van der Waals surface area contributed by atoms with E-state index in [0.29, 0.717) is 26.2 Å². The van der Waals surface area contributed by atoms with Crippen LogP contribution < -0.4 is 5.32 Å². The van der Waals surface area contributed by atoms with Crippen LogP contribution in [0.25, 0.3) is 0 Å². The summed E-state index contributed by atoms with van der Waals surface area (Å²) >= 11 is 0. The zero-order chi connectivity index (χ0) is 16.1. The van der Waals surface area contributed by atoms with Crippen molar-refractivity contribution in [3.8, 4) is 0 Å². The minimum atomic E-state index is -0.622. The first-order chi connectivity index (χ1) is 10.6. The molecule has 1 fully saturated rings. The smallest absolute Gasteiger partial charge is 0.313 e. The lowest BCUT2D eigenvalue weighted by Gasteiger charge is -2.32. The molecule has 2 rings (SSSR count). The summed E-state index contributed by atoms with van der Waals surface area (Å²) in [6.07, 6.45) is 1.55. The van der Waals surface area contributed by atoms with Gasteiger partial charge in [0.25, 0.3) is 0 Å². The van der Waals surface area contributed by atoms with Gasteiger partial charge in [0, 0.05) is 31.9 Å². The Kier molecular flexibility index (Phi) is 5.14. The molecule has 1 aliphatic rings. The van der Waals surface area contributed by atoms with Gasteiger partial charge in [0.2, 0.25) is 6.41 Å². The summed E-state index contributed by atoms with van der Waals surface area (Å²) < 4.78 is 0. The third-order valence-electron chi connectivity index (χ3n) is 3.92. The molecule has 1 saturated heterocycles. The third-order valence-corrected chi connectivity index (χ3v) is 3.92. The molecule has 22 heavy (non-hydrogen) atoms. The number of rotatable bonds is 3. The van der Waals surface area contributed by atoms with Gasteiger partial charge in [0.15, 0.2) is 0 Å². The SMILES string of the molecule is CCc1cccc(C)c1NC(=O)C(=O)N1CCN(C=O)CC1. The van der Waals surface area contributed by atoms with Gasteiger partial charge in [-0.3, -0.25) is 14.4 Å². The van der Waals surface area contributed by atoms with Gasteiger partial charge in [0.1, 0.15) is 0 Å². The van der Waals surface area contributed by atoms with Crippen molar-refractivity contribution in [2.45, 2.75) is 20.3 Å². The van der Waals surface area contributed by atoms with Crippen LogP contribution in [0, 0.1) is 6.92 Å². The average molecular weight is 303 g/mol. The molecule has 0 bridgehead atoms. The molecule has 0 saturated carbocycles. The molecule has 0 aromatic heterocycles. The molecule has 0 aliphatic carbocycles. The number of para-hydroxylation sites is 1. The Balaban J connectivity index is 2.03. The lowest BCUT2D eigenvalue weighted by molar-refractivity contribution is -0.144. The zero-order valence-corrected chi connectivity index (χ0v) is 13.0. The van der Waals surface area contributed by atoms with Gasteiger partial charge >= 0.3 is 11.8 Å². The van der Waals surface area contributed by atoms with Crippen molar-refractivity contribution in [2.75, 3.05) is 31.5 Å². The van der Waals surface area contributed by atoms with E-state index < -0.39 is 11.8 Å². The van der Waals surface area contributed by atoms with E-state index in [1.807, 2.05) is 32.0 Å². The van der Waals surface area contributed by atoms with Gasteiger partial charge in [-0.1, -0.05) is 25.1 Å². The van der Waals surface area contributed by atoms with E-state index in [2.05, 4.69) is 5.32 Å².